The Kier molecular flexibility index (Phi) is 4.99. The third-order valence-electron chi connectivity index (χ3n) is 3.98. The molecule has 1 aliphatic carbocycles. The van der Waals surface area contributed by atoms with E-state index in [0.29, 0.717) is 18.0 Å². The maximum Gasteiger partial charge on any atom is 0.252 e. The van der Waals surface area contributed by atoms with Crippen LogP contribution in [0.3, 0.4) is 0 Å². The third kappa shape index (κ3) is 3.37. The number of benzene rings is 1. The highest BCUT2D eigenvalue weighted by molar-refractivity contribution is 9.10. The fraction of sp³-hybridized carbons (Fsp3) is 0.533. The molecule has 0 radical (unpaired) electrons. The summed E-state index contributed by atoms with van der Waals surface area (Å²) in [5, 5.41) is 3.10. The maximum absolute atomic E-state index is 12.3. The van der Waals surface area contributed by atoms with Crippen LogP contribution in [0.4, 0.5) is 0 Å². The first kappa shape index (κ1) is 14.5. The zero-order valence-corrected chi connectivity index (χ0v) is 12.9. The van der Waals surface area contributed by atoms with Gasteiger partial charge >= 0.3 is 0 Å². The van der Waals surface area contributed by atoms with Crippen LogP contribution in [0, 0.1) is 12.8 Å². The fourth-order valence-electron chi connectivity index (χ4n) is 2.80. The van der Waals surface area contributed by atoms with Gasteiger partial charge in [0, 0.05) is 17.1 Å². The Balaban J connectivity index is 2.08. The van der Waals surface area contributed by atoms with Crippen LogP contribution in [-0.4, -0.2) is 18.5 Å². The summed E-state index contributed by atoms with van der Waals surface area (Å²) in [4.78, 5) is 12.3. The Bertz CT molecular complexity index is 455. The van der Waals surface area contributed by atoms with Gasteiger partial charge in [0.2, 0.25) is 0 Å². The van der Waals surface area contributed by atoms with E-state index in [4.69, 9.17) is 5.73 Å². The molecule has 3 N–H and O–H groups in total. The first-order valence-corrected chi connectivity index (χ1v) is 7.69. The standard InChI is InChI=1S/C15H21BrN2O/c1-10-5-4-8-12(14(10)16)15(19)18-13(9-17)11-6-2-3-7-11/h4-5,8,11,13H,2-3,6-7,9,17H2,1H3,(H,18,19). The van der Waals surface area contributed by atoms with Gasteiger partial charge in [0.05, 0.1) is 5.56 Å². The van der Waals surface area contributed by atoms with E-state index in [9.17, 15) is 4.79 Å². The molecule has 0 heterocycles. The van der Waals surface area contributed by atoms with Crippen molar-refractivity contribution in [1.29, 1.82) is 0 Å². The molecule has 1 unspecified atom stereocenters. The lowest BCUT2D eigenvalue weighted by atomic mass is 9.97. The molecule has 1 fully saturated rings. The minimum Gasteiger partial charge on any atom is -0.348 e. The third-order valence-corrected chi connectivity index (χ3v) is 5.03. The lowest BCUT2D eigenvalue weighted by molar-refractivity contribution is 0.0923. The van der Waals surface area contributed by atoms with Gasteiger partial charge in [-0.15, -0.1) is 0 Å². The summed E-state index contributed by atoms with van der Waals surface area (Å²) in [6.45, 7) is 2.50. The minimum absolute atomic E-state index is 0.0297. The lowest BCUT2D eigenvalue weighted by Gasteiger charge is -2.23. The van der Waals surface area contributed by atoms with E-state index in [1.54, 1.807) is 0 Å². The molecule has 1 aromatic rings. The molecule has 2 rings (SSSR count). The normalized spacial score (nSPS) is 17.4. The van der Waals surface area contributed by atoms with Crippen molar-refractivity contribution in [3.05, 3.63) is 33.8 Å². The predicted molar refractivity (Wildman–Crippen MR) is 81.1 cm³/mol. The molecule has 1 amide bonds. The zero-order valence-electron chi connectivity index (χ0n) is 11.3. The zero-order chi connectivity index (χ0) is 13.8. The van der Waals surface area contributed by atoms with Gasteiger partial charge in [-0.1, -0.05) is 25.0 Å². The second-order valence-corrected chi connectivity index (χ2v) is 6.09. The largest absolute Gasteiger partial charge is 0.348 e. The van der Waals surface area contributed by atoms with E-state index in [1.807, 2.05) is 25.1 Å². The monoisotopic (exact) mass is 324 g/mol. The van der Waals surface area contributed by atoms with Crippen LogP contribution in [0.5, 0.6) is 0 Å². The second kappa shape index (κ2) is 6.53. The van der Waals surface area contributed by atoms with Gasteiger partial charge < -0.3 is 11.1 Å². The van der Waals surface area contributed by atoms with Gasteiger partial charge in [-0.25, -0.2) is 0 Å². The number of amides is 1. The van der Waals surface area contributed by atoms with Crippen molar-refractivity contribution in [2.75, 3.05) is 6.54 Å². The van der Waals surface area contributed by atoms with Crippen molar-refractivity contribution >= 4 is 21.8 Å². The Labute approximate surface area is 123 Å². The molecule has 19 heavy (non-hydrogen) atoms. The molecular weight excluding hydrogens is 304 g/mol. The lowest BCUT2D eigenvalue weighted by Crippen LogP contribution is -2.44. The SMILES string of the molecule is Cc1cccc(C(=O)NC(CN)C2CCCC2)c1Br. The highest BCUT2D eigenvalue weighted by Gasteiger charge is 2.26. The highest BCUT2D eigenvalue weighted by Crippen LogP contribution is 2.28. The van der Waals surface area contributed by atoms with Gasteiger partial charge in [0.25, 0.3) is 5.91 Å². The van der Waals surface area contributed by atoms with Crippen molar-refractivity contribution in [1.82, 2.24) is 5.32 Å². The van der Waals surface area contributed by atoms with Crippen molar-refractivity contribution in [3.8, 4) is 0 Å². The topological polar surface area (TPSA) is 55.1 Å². The van der Waals surface area contributed by atoms with Crippen LogP contribution >= 0.6 is 15.9 Å². The summed E-state index contributed by atoms with van der Waals surface area (Å²) in [5.41, 5.74) is 7.58. The molecule has 1 atom stereocenters. The Morgan fingerprint density at radius 1 is 1.47 bits per heavy atom. The smallest absolute Gasteiger partial charge is 0.252 e. The van der Waals surface area contributed by atoms with E-state index in [0.717, 1.165) is 10.0 Å². The number of hydrogen-bond acceptors (Lipinski definition) is 2. The number of carbonyl (C=O) groups excluding carboxylic acids is 1. The average Bonchev–Trinajstić information content (AvgIpc) is 2.92. The van der Waals surface area contributed by atoms with Gasteiger partial charge in [-0.05, 0) is 53.2 Å². The van der Waals surface area contributed by atoms with Gasteiger partial charge in [0.1, 0.15) is 0 Å². The number of nitrogens with one attached hydrogen (secondary N) is 1. The number of nitrogens with two attached hydrogens (primary N) is 1. The summed E-state index contributed by atoms with van der Waals surface area (Å²) < 4.78 is 0.870. The van der Waals surface area contributed by atoms with Gasteiger partial charge in [-0.3, -0.25) is 4.79 Å². The summed E-state index contributed by atoms with van der Waals surface area (Å²) in [6.07, 6.45) is 4.87. The molecule has 3 nitrogen and oxygen atoms in total. The molecule has 104 valence electrons. The van der Waals surface area contributed by atoms with E-state index in [-0.39, 0.29) is 11.9 Å². The molecule has 4 heteroatoms. The summed E-state index contributed by atoms with van der Waals surface area (Å²) in [5.74, 6) is 0.510. The van der Waals surface area contributed by atoms with Crippen LogP contribution < -0.4 is 11.1 Å². The molecule has 0 saturated heterocycles. The van der Waals surface area contributed by atoms with Crippen molar-refractivity contribution < 1.29 is 4.79 Å². The minimum atomic E-state index is -0.0297. The quantitative estimate of drug-likeness (QED) is 0.894. The molecular formula is C15H21BrN2O. The van der Waals surface area contributed by atoms with Gasteiger partial charge in [0.15, 0.2) is 0 Å². The first-order chi connectivity index (χ1) is 9.13. The number of rotatable bonds is 4. The van der Waals surface area contributed by atoms with Crippen LogP contribution in [0.25, 0.3) is 0 Å². The average molecular weight is 325 g/mol. The summed E-state index contributed by atoms with van der Waals surface area (Å²) in [6, 6.07) is 5.83. The van der Waals surface area contributed by atoms with Crippen molar-refractivity contribution in [3.63, 3.8) is 0 Å². The van der Waals surface area contributed by atoms with Crippen LogP contribution in [0.2, 0.25) is 0 Å². The first-order valence-electron chi connectivity index (χ1n) is 6.89. The van der Waals surface area contributed by atoms with E-state index >= 15 is 0 Å². The molecule has 0 bridgehead atoms. The van der Waals surface area contributed by atoms with Crippen LogP contribution in [0.1, 0.15) is 41.6 Å². The van der Waals surface area contributed by atoms with Gasteiger partial charge in [-0.2, -0.15) is 0 Å². The molecule has 0 spiro atoms. The predicted octanol–water partition coefficient (Wildman–Crippen LogP) is 3.00. The van der Waals surface area contributed by atoms with E-state index in [1.165, 1.54) is 25.7 Å². The fourth-order valence-corrected chi connectivity index (χ4v) is 3.24. The van der Waals surface area contributed by atoms with Crippen LogP contribution in [0.15, 0.2) is 22.7 Å². The Morgan fingerprint density at radius 3 is 2.79 bits per heavy atom. The van der Waals surface area contributed by atoms with Crippen LogP contribution in [-0.2, 0) is 0 Å². The number of hydrogen-bond donors (Lipinski definition) is 2. The van der Waals surface area contributed by atoms with E-state index in [2.05, 4.69) is 21.2 Å². The van der Waals surface area contributed by atoms with Crippen molar-refractivity contribution in [2.24, 2.45) is 11.7 Å². The molecule has 1 aromatic carbocycles. The van der Waals surface area contributed by atoms with Crippen molar-refractivity contribution in [2.45, 2.75) is 38.6 Å². The molecule has 0 aliphatic heterocycles. The Hall–Kier alpha value is -0.870. The molecule has 0 aromatic heterocycles. The number of halogens is 1. The Morgan fingerprint density at radius 2 is 2.16 bits per heavy atom. The number of aryl methyl sites for hydroxylation is 1. The van der Waals surface area contributed by atoms with E-state index < -0.39 is 0 Å². The number of carbonyl (C=O) groups is 1. The molecule has 1 saturated carbocycles. The highest BCUT2D eigenvalue weighted by atomic mass is 79.9. The summed E-state index contributed by atoms with van der Waals surface area (Å²) in [7, 11) is 0. The molecule has 1 aliphatic rings. The maximum atomic E-state index is 12.3. The second-order valence-electron chi connectivity index (χ2n) is 5.30. The summed E-state index contributed by atoms with van der Waals surface area (Å²) >= 11 is 3.48.